The van der Waals surface area contributed by atoms with Crippen LogP contribution in [0, 0.1) is 0 Å². The van der Waals surface area contributed by atoms with E-state index >= 15 is 0 Å². The molecule has 2 aromatic rings. The fourth-order valence-electron chi connectivity index (χ4n) is 2.29. The first-order valence-electron chi connectivity index (χ1n) is 6.36. The van der Waals surface area contributed by atoms with Gasteiger partial charge in [0.1, 0.15) is 24.6 Å². The number of fused-ring (bicyclic) bond motifs is 1. The lowest BCUT2D eigenvalue weighted by Gasteiger charge is -2.16. The third kappa shape index (κ3) is 3.58. The van der Waals surface area contributed by atoms with Gasteiger partial charge in [0, 0.05) is 0 Å². The Hall–Kier alpha value is -1.18. The van der Waals surface area contributed by atoms with Gasteiger partial charge in [0.2, 0.25) is 5.88 Å². The topological polar surface area (TPSA) is 180 Å². The molecular weight excluding hydrogens is 415 g/mol. The van der Waals surface area contributed by atoms with E-state index in [9.17, 15) is 19.9 Å². The predicted molar refractivity (Wildman–Crippen MR) is 81.2 cm³/mol. The van der Waals surface area contributed by atoms with Crippen LogP contribution in [-0.4, -0.2) is 69.5 Å². The van der Waals surface area contributed by atoms with Crippen LogP contribution in [0.5, 0.6) is 5.88 Å². The van der Waals surface area contributed by atoms with E-state index in [2.05, 4.69) is 19.5 Å². The Morgan fingerprint density at radius 2 is 1.96 bits per heavy atom. The van der Waals surface area contributed by atoms with Crippen molar-refractivity contribution in [3.05, 3.63) is 12.7 Å². The summed E-state index contributed by atoms with van der Waals surface area (Å²) in [5, 5.41) is 29.6. The second-order valence-corrected chi connectivity index (χ2v) is 6.09. The van der Waals surface area contributed by atoms with Crippen LogP contribution < -0.4 is 0 Å². The minimum absolute atomic E-state index is 0. The number of aliphatic hydroxyl groups excluding tert-OH is 2. The Labute approximate surface area is 144 Å². The van der Waals surface area contributed by atoms with Gasteiger partial charge in [-0.15, -0.1) is 17.0 Å². The summed E-state index contributed by atoms with van der Waals surface area (Å²) >= 11 is 0. The number of ether oxygens (including phenoxy) is 1. The lowest BCUT2D eigenvalue weighted by molar-refractivity contribution is -0.0504. The van der Waals surface area contributed by atoms with Crippen molar-refractivity contribution in [1.29, 1.82) is 0 Å². The Bertz CT molecular complexity index is 768. The maximum atomic E-state index is 10.7. The number of aromatic hydroxyl groups is 1. The van der Waals surface area contributed by atoms with Crippen molar-refractivity contribution < 1.29 is 38.9 Å². The van der Waals surface area contributed by atoms with E-state index in [1.807, 2.05) is 0 Å². The molecule has 2 aromatic heterocycles. The summed E-state index contributed by atoms with van der Waals surface area (Å²) in [5.41, 5.74) is 0.234. The standard InChI is InChI=1S/C10H13N4O8P.BrH/c15-6-4(1-21-23(18,19)20)22-10(7(6)16)14-3-13-5-8(14)11-2-12-9(5)17;/h2-4,6-7,10,15-16H,1H2,(H,11,12,17)(H2,18,19,20);1H/t4-,6-,7-,10-;/m1./s1. The summed E-state index contributed by atoms with van der Waals surface area (Å²) in [4.78, 5) is 28.7. The normalized spacial score (nSPS) is 27.3. The molecule has 3 rings (SSSR count). The van der Waals surface area contributed by atoms with Gasteiger partial charge >= 0.3 is 7.82 Å². The number of phosphoric ester groups is 1. The summed E-state index contributed by atoms with van der Waals surface area (Å²) in [5.74, 6) is -0.358. The number of aromatic nitrogens is 4. The number of hydrogen-bond acceptors (Lipinski definition) is 9. The summed E-state index contributed by atoms with van der Waals surface area (Å²) in [6, 6.07) is 0. The van der Waals surface area contributed by atoms with Crippen molar-refractivity contribution in [3.63, 3.8) is 0 Å². The molecule has 1 aliphatic rings. The van der Waals surface area contributed by atoms with Gasteiger partial charge in [-0.1, -0.05) is 0 Å². The summed E-state index contributed by atoms with van der Waals surface area (Å²) in [7, 11) is -4.74. The molecule has 0 radical (unpaired) electrons. The maximum Gasteiger partial charge on any atom is 0.469 e. The highest BCUT2D eigenvalue weighted by Crippen LogP contribution is 2.38. The smallest absolute Gasteiger partial charge is 0.469 e. The van der Waals surface area contributed by atoms with Crippen molar-refractivity contribution in [2.75, 3.05) is 6.61 Å². The summed E-state index contributed by atoms with van der Waals surface area (Å²) in [6.07, 6.45) is -2.85. The largest absolute Gasteiger partial charge is 0.492 e. The van der Waals surface area contributed by atoms with Gasteiger partial charge < -0.3 is 29.8 Å². The van der Waals surface area contributed by atoms with Crippen molar-refractivity contribution in [2.45, 2.75) is 24.5 Å². The predicted octanol–water partition coefficient (Wildman–Crippen LogP) is -1.16. The molecule has 0 amide bonds. The van der Waals surface area contributed by atoms with Crippen molar-refractivity contribution in [1.82, 2.24) is 19.5 Å². The molecule has 4 atom stereocenters. The van der Waals surface area contributed by atoms with E-state index in [-0.39, 0.29) is 34.0 Å². The maximum absolute atomic E-state index is 10.7. The molecule has 0 saturated carbocycles. The van der Waals surface area contributed by atoms with Crippen LogP contribution in [0.1, 0.15) is 6.23 Å². The summed E-state index contributed by atoms with van der Waals surface area (Å²) in [6.45, 7) is -0.619. The Morgan fingerprint density at radius 3 is 2.62 bits per heavy atom. The molecule has 134 valence electrons. The first-order chi connectivity index (χ1) is 10.8. The van der Waals surface area contributed by atoms with Crippen LogP contribution in [0.3, 0.4) is 0 Å². The Balaban J connectivity index is 0.00000208. The van der Waals surface area contributed by atoms with Crippen LogP contribution in [0.25, 0.3) is 11.2 Å². The fraction of sp³-hybridized carbons (Fsp3) is 0.500. The average Bonchev–Trinajstić information content (AvgIpc) is 3.01. The van der Waals surface area contributed by atoms with Crippen LogP contribution in [0.15, 0.2) is 12.7 Å². The van der Waals surface area contributed by atoms with Crippen LogP contribution in [-0.2, 0) is 13.8 Å². The Kier molecular flexibility index (Phi) is 5.57. The number of imidazole rings is 1. The highest BCUT2D eigenvalue weighted by molar-refractivity contribution is 8.93. The molecule has 14 heteroatoms. The van der Waals surface area contributed by atoms with Gasteiger partial charge in [0.25, 0.3) is 0 Å². The van der Waals surface area contributed by atoms with Gasteiger partial charge in [-0.05, 0) is 0 Å². The zero-order valence-corrected chi connectivity index (χ0v) is 14.4. The molecule has 5 N–H and O–H groups in total. The van der Waals surface area contributed by atoms with Crippen molar-refractivity contribution in [3.8, 4) is 5.88 Å². The van der Waals surface area contributed by atoms with Gasteiger partial charge in [0.05, 0.1) is 12.9 Å². The third-order valence-electron chi connectivity index (χ3n) is 3.36. The van der Waals surface area contributed by atoms with Crippen molar-refractivity contribution in [2.24, 2.45) is 0 Å². The molecular formula is C10H14BrN4O8P. The number of aliphatic hydroxyl groups is 2. The highest BCUT2D eigenvalue weighted by atomic mass is 79.9. The zero-order chi connectivity index (χ0) is 16.8. The quantitative estimate of drug-likeness (QED) is 0.370. The molecule has 24 heavy (non-hydrogen) atoms. The van der Waals surface area contributed by atoms with Crippen LogP contribution in [0.2, 0.25) is 0 Å². The monoisotopic (exact) mass is 428 g/mol. The van der Waals surface area contributed by atoms with Crippen LogP contribution >= 0.6 is 24.8 Å². The van der Waals surface area contributed by atoms with Crippen LogP contribution in [0.4, 0.5) is 0 Å². The first-order valence-corrected chi connectivity index (χ1v) is 7.89. The van der Waals surface area contributed by atoms with E-state index in [1.165, 1.54) is 10.9 Å². The molecule has 0 unspecified atom stereocenters. The lowest BCUT2D eigenvalue weighted by atomic mass is 10.1. The zero-order valence-electron chi connectivity index (χ0n) is 11.8. The van der Waals surface area contributed by atoms with E-state index < -0.39 is 39.0 Å². The fourth-order valence-corrected chi connectivity index (χ4v) is 2.63. The highest BCUT2D eigenvalue weighted by Gasteiger charge is 2.45. The van der Waals surface area contributed by atoms with Crippen molar-refractivity contribution >= 4 is 36.0 Å². The SMILES string of the molecule is Br.O=P(O)(O)OC[C@H]1O[C@@H](n2cnc3c(O)ncnc32)[C@H](O)[C@@H]1O. The van der Waals surface area contributed by atoms with Gasteiger partial charge in [-0.3, -0.25) is 9.09 Å². The molecule has 0 aliphatic carbocycles. The number of phosphoric acid groups is 1. The number of rotatable bonds is 4. The summed E-state index contributed by atoms with van der Waals surface area (Å²) < 4.78 is 21.6. The van der Waals surface area contributed by atoms with Gasteiger partial charge in [-0.25, -0.2) is 14.5 Å². The average molecular weight is 429 g/mol. The molecule has 0 aromatic carbocycles. The first kappa shape index (κ1) is 19.1. The second-order valence-electron chi connectivity index (χ2n) is 4.85. The van der Waals surface area contributed by atoms with Gasteiger partial charge in [-0.2, -0.15) is 4.98 Å². The third-order valence-corrected chi connectivity index (χ3v) is 3.84. The number of halogens is 1. The van der Waals surface area contributed by atoms with E-state index in [4.69, 9.17) is 14.5 Å². The minimum Gasteiger partial charge on any atom is -0.492 e. The molecule has 0 spiro atoms. The molecule has 12 nitrogen and oxygen atoms in total. The number of nitrogens with zero attached hydrogens (tertiary/aromatic N) is 4. The molecule has 0 bridgehead atoms. The number of hydrogen-bond donors (Lipinski definition) is 5. The molecule has 1 saturated heterocycles. The minimum atomic E-state index is -4.74. The molecule has 1 fully saturated rings. The van der Waals surface area contributed by atoms with Gasteiger partial charge in [0.15, 0.2) is 17.4 Å². The van der Waals surface area contributed by atoms with E-state index in [0.29, 0.717) is 0 Å². The van der Waals surface area contributed by atoms with E-state index in [1.54, 1.807) is 0 Å². The van der Waals surface area contributed by atoms with E-state index in [0.717, 1.165) is 6.33 Å². The lowest BCUT2D eigenvalue weighted by Crippen LogP contribution is -2.33. The molecule has 3 heterocycles. The molecule has 1 aliphatic heterocycles. The second kappa shape index (κ2) is 6.98. The Morgan fingerprint density at radius 1 is 1.25 bits per heavy atom.